The number of rotatable bonds is 7. The van der Waals surface area contributed by atoms with Crippen LogP contribution >= 0.6 is 0 Å². The molecule has 0 unspecified atom stereocenters. The van der Waals surface area contributed by atoms with Gasteiger partial charge in [-0.3, -0.25) is 4.79 Å². The summed E-state index contributed by atoms with van der Waals surface area (Å²) in [6.45, 7) is 8.01. The summed E-state index contributed by atoms with van der Waals surface area (Å²) < 4.78 is 0. The molecule has 0 radical (unpaired) electrons. The Balaban J connectivity index is 0.00000361. The Morgan fingerprint density at radius 3 is 2.35 bits per heavy atom. The SMILES string of the molecule is CCN(CC)CCCNC(=O)c1ccc([N+]#N)cc1.[Cl-]. The first kappa shape index (κ1) is 18.4. The Labute approximate surface area is 126 Å². The van der Waals surface area contributed by atoms with E-state index in [0.29, 0.717) is 17.8 Å². The third-order valence-electron chi connectivity index (χ3n) is 3.08. The Morgan fingerprint density at radius 1 is 1.25 bits per heavy atom. The zero-order valence-electron chi connectivity index (χ0n) is 12.0. The fourth-order valence-electron chi connectivity index (χ4n) is 1.83. The van der Waals surface area contributed by atoms with Crippen LogP contribution in [0.2, 0.25) is 0 Å². The van der Waals surface area contributed by atoms with E-state index in [0.717, 1.165) is 26.1 Å². The van der Waals surface area contributed by atoms with Crippen molar-refractivity contribution in [1.82, 2.24) is 10.2 Å². The van der Waals surface area contributed by atoms with E-state index >= 15 is 0 Å². The van der Waals surface area contributed by atoms with Gasteiger partial charge >= 0.3 is 5.69 Å². The smallest absolute Gasteiger partial charge is 0.385 e. The van der Waals surface area contributed by atoms with Gasteiger partial charge in [0.2, 0.25) is 5.39 Å². The van der Waals surface area contributed by atoms with Crippen molar-refractivity contribution in [1.29, 1.82) is 5.39 Å². The van der Waals surface area contributed by atoms with Crippen LogP contribution in [0.3, 0.4) is 0 Å². The molecular formula is C14H21ClN4O. The highest BCUT2D eigenvalue weighted by Crippen LogP contribution is 2.12. The van der Waals surface area contributed by atoms with Crippen molar-refractivity contribution in [2.24, 2.45) is 0 Å². The summed E-state index contributed by atoms with van der Waals surface area (Å²) in [5.41, 5.74) is 1.02. The number of hydrogen-bond donors (Lipinski definition) is 1. The molecule has 0 aliphatic rings. The predicted molar refractivity (Wildman–Crippen MR) is 75.9 cm³/mol. The first-order valence-electron chi connectivity index (χ1n) is 6.67. The summed E-state index contributed by atoms with van der Waals surface area (Å²) in [7, 11) is 0. The topological polar surface area (TPSA) is 60.5 Å². The summed E-state index contributed by atoms with van der Waals surface area (Å²) in [4.78, 5) is 17.2. The molecule has 0 bridgehead atoms. The number of hydrogen-bond acceptors (Lipinski definition) is 3. The van der Waals surface area contributed by atoms with Crippen LogP contribution in [0.15, 0.2) is 24.3 Å². The monoisotopic (exact) mass is 296 g/mol. The lowest BCUT2D eigenvalue weighted by molar-refractivity contribution is -0.0000127. The van der Waals surface area contributed by atoms with Gasteiger partial charge in [-0.25, -0.2) is 0 Å². The van der Waals surface area contributed by atoms with E-state index in [1.165, 1.54) is 0 Å². The molecule has 110 valence electrons. The Morgan fingerprint density at radius 2 is 1.85 bits per heavy atom. The van der Waals surface area contributed by atoms with Crippen LogP contribution in [0.5, 0.6) is 0 Å². The van der Waals surface area contributed by atoms with Gasteiger partial charge in [-0.05, 0) is 38.2 Å². The number of carbonyl (C=O) groups excluding carboxylic acids is 1. The van der Waals surface area contributed by atoms with Crippen molar-refractivity contribution >= 4 is 11.6 Å². The molecule has 1 aromatic rings. The van der Waals surface area contributed by atoms with Crippen LogP contribution in [0.1, 0.15) is 30.6 Å². The van der Waals surface area contributed by atoms with Gasteiger partial charge in [-0.1, -0.05) is 13.8 Å². The largest absolute Gasteiger partial charge is 1.00 e. The number of amides is 1. The van der Waals surface area contributed by atoms with Crippen LogP contribution < -0.4 is 17.7 Å². The van der Waals surface area contributed by atoms with Crippen molar-refractivity contribution in [3.63, 3.8) is 0 Å². The fraction of sp³-hybridized carbons (Fsp3) is 0.500. The molecule has 0 saturated carbocycles. The quantitative estimate of drug-likeness (QED) is 0.552. The van der Waals surface area contributed by atoms with E-state index in [2.05, 4.69) is 29.0 Å². The molecule has 1 aromatic carbocycles. The maximum absolute atomic E-state index is 11.8. The second-order valence-electron chi connectivity index (χ2n) is 4.28. The first-order valence-corrected chi connectivity index (χ1v) is 6.67. The fourth-order valence-corrected chi connectivity index (χ4v) is 1.83. The maximum Gasteiger partial charge on any atom is 0.385 e. The summed E-state index contributed by atoms with van der Waals surface area (Å²) in [6.07, 6.45) is 0.942. The number of nitrogens with zero attached hydrogens (tertiary/aromatic N) is 3. The summed E-state index contributed by atoms with van der Waals surface area (Å²) in [5, 5.41) is 11.4. The maximum atomic E-state index is 11.8. The summed E-state index contributed by atoms with van der Waals surface area (Å²) >= 11 is 0. The number of diazo groups is 1. The number of benzene rings is 1. The lowest BCUT2D eigenvalue weighted by Crippen LogP contribution is -3.00. The van der Waals surface area contributed by atoms with E-state index in [1.54, 1.807) is 24.3 Å². The Kier molecular flexibility index (Phi) is 9.35. The predicted octanol–water partition coefficient (Wildman–Crippen LogP) is -0.363. The van der Waals surface area contributed by atoms with Crippen LogP contribution in [0.4, 0.5) is 5.69 Å². The molecule has 0 aliphatic heterocycles. The van der Waals surface area contributed by atoms with Crippen LogP contribution in [0, 0.1) is 5.39 Å². The van der Waals surface area contributed by atoms with Gasteiger partial charge in [0, 0.05) is 24.2 Å². The molecule has 0 aromatic heterocycles. The van der Waals surface area contributed by atoms with Gasteiger partial charge in [0.15, 0.2) is 4.98 Å². The Bertz CT molecular complexity index is 437. The molecule has 0 fully saturated rings. The minimum absolute atomic E-state index is 0. The second kappa shape index (κ2) is 10.2. The minimum Gasteiger partial charge on any atom is -1.00 e. The van der Waals surface area contributed by atoms with Crippen molar-refractivity contribution in [2.75, 3.05) is 26.2 Å². The molecule has 0 atom stereocenters. The van der Waals surface area contributed by atoms with E-state index in [-0.39, 0.29) is 18.3 Å². The highest BCUT2D eigenvalue weighted by Gasteiger charge is 2.08. The van der Waals surface area contributed by atoms with Crippen molar-refractivity contribution in [2.45, 2.75) is 20.3 Å². The zero-order chi connectivity index (χ0) is 14.1. The highest BCUT2D eigenvalue weighted by molar-refractivity contribution is 5.94. The zero-order valence-corrected chi connectivity index (χ0v) is 12.7. The highest BCUT2D eigenvalue weighted by atomic mass is 35.5. The number of nitrogens with one attached hydrogen (secondary N) is 1. The van der Waals surface area contributed by atoms with Gasteiger partial charge in [-0.2, -0.15) is 0 Å². The molecule has 0 spiro atoms. The van der Waals surface area contributed by atoms with Gasteiger partial charge in [0.05, 0.1) is 0 Å². The molecule has 1 N–H and O–H groups in total. The molecule has 5 nitrogen and oxygen atoms in total. The molecular weight excluding hydrogens is 276 g/mol. The lowest BCUT2D eigenvalue weighted by Gasteiger charge is -2.17. The summed E-state index contributed by atoms with van der Waals surface area (Å²) in [5.74, 6) is -0.0935. The van der Waals surface area contributed by atoms with Gasteiger partial charge < -0.3 is 22.6 Å². The molecule has 6 heteroatoms. The normalized spacial score (nSPS) is 9.70. The first-order chi connectivity index (χ1) is 9.21. The van der Waals surface area contributed by atoms with Crippen molar-refractivity contribution in [3.8, 4) is 0 Å². The van der Waals surface area contributed by atoms with Crippen molar-refractivity contribution < 1.29 is 17.2 Å². The van der Waals surface area contributed by atoms with Crippen LogP contribution in [-0.2, 0) is 0 Å². The van der Waals surface area contributed by atoms with E-state index in [1.807, 2.05) is 0 Å². The lowest BCUT2D eigenvalue weighted by atomic mass is 10.2. The van der Waals surface area contributed by atoms with Gasteiger partial charge in [-0.15, -0.1) is 0 Å². The molecule has 0 heterocycles. The van der Waals surface area contributed by atoms with Crippen LogP contribution in [0.25, 0.3) is 4.98 Å². The standard InChI is InChI=1S/C14H20N4O.ClH/c1-3-18(4-2)11-5-10-16-14(19)12-6-8-13(17-15)9-7-12;/h6-9H,3-5,10-11H2,1-2H3;1H. The molecule has 20 heavy (non-hydrogen) atoms. The van der Waals surface area contributed by atoms with Gasteiger partial charge in [0.1, 0.15) is 0 Å². The number of halogens is 1. The molecule has 1 amide bonds. The van der Waals surface area contributed by atoms with Crippen LogP contribution in [-0.4, -0.2) is 37.0 Å². The van der Waals surface area contributed by atoms with E-state index in [4.69, 9.17) is 5.39 Å². The molecule has 0 saturated heterocycles. The minimum atomic E-state index is -0.0935. The van der Waals surface area contributed by atoms with E-state index in [9.17, 15) is 4.79 Å². The van der Waals surface area contributed by atoms with Gasteiger partial charge in [0.25, 0.3) is 5.91 Å². The summed E-state index contributed by atoms with van der Waals surface area (Å²) in [6, 6.07) is 6.50. The average molecular weight is 297 g/mol. The average Bonchev–Trinajstić information content (AvgIpc) is 2.47. The van der Waals surface area contributed by atoms with E-state index < -0.39 is 0 Å². The molecule has 0 aliphatic carbocycles. The third-order valence-corrected chi connectivity index (χ3v) is 3.08. The van der Waals surface area contributed by atoms with Crippen molar-refractivity contribution in [3.05, 3.63) is 34.8 Å². The Hall–Kier alpha value is -1.64. The third kappa shape index (κ3) is 6.00. The molecule has 1 rings (SSSR count). The number of carbonyl (C=O) groups is 1. The second-order valence-corrected chi connectivity index (χ2v) is 4.28.